The van der Waals surface area contributed by atoms with E-state index >= 15 is 0 Å². The number of methoxy groups -OCH3 is 1. The number of anilines is 1. The van der Waals surface area contributed by atoms with E-state index in [9.17, 15) is 14.7 Å². The van der Waals surface area contributed by atoms with Crippen LogP contribution in [0.1, 0.15) is 30.0 Å². The molecule has 3 aromatic carbocycles. The lowest BCUT2D eigenvalue weighted by Gasteiger charge is -2.39. The number of aliphatic hydroxyl groups is 1. The van der Waals surface area contributed by atoms with Crippen LogP contribution in [-0.2, 0) is 32.9 Å². The number of benzene rings is 3. The standard InChI is InChI=1S/C33H37BrN2O5Si/c1-20-31(42(3,4)26-12-10-25(40-2)11-13-26)29(41-33(20)27-16-23(34)9-14-28(27)35-32(33)39)17-30(38)36-18-22-8-6-5-7-21(22)15-24(36)19-37/h5-14,16,20,24,29,31,37H,15,17-19H2,1-4H3,(H,35,39)/t20-,24-,29+,31-,33+/m0/s1. The van der Waals surface area contributed by atoms with Gasteiger partial charge >= 0.3 is 0 Å². The average Bonchev–Trinajstić information content (AvgIpc) is 3.44. The summed E-state index contributed by atoms with van der Waals surface area (Å²) in [4.78, 5) is 29.8. The van der Waals surface area contributed by atoms with Gasteiger partial charge in [0.25, 0.3) is 5.91 Å². The second-order valence-electron chi connectivity index (χ2n) is 12.3. The lowest BCUT2D eigenvalue weighted by Crippen LogP contribution is -2.52. The third kappa shape index (κ3) is 4.61. The van der Waals surface area contributed by atoms with Crippen molar-refractivity contribution in [2.45, 2.75) is 62.7 Å². The number of carbonyl (C=O) groups excluding carboxylic acids is 2. The van der Waals surface area contributed by atoms with E-state index in [0.29, 0.717) is 13.0 Å². The summed E-state index contributed by atoms with van der Waals surface area (Å²) in [5.41, 5.74) is 2.59. The Labute approximate surface area is 256 Å². The van der Waals surface area contributed by atoms with Crippen LogP contribution >= 0.6 is 15.9 Å². The molecular weight excluding hydrogens is 612 g/mol. The minimum absolute atomic E-state index is 0.0461. The van der Waals surface area contributed by atoms with Crippen LogP contribution in [0.4, 0.5) is 5.69 Å². The first-order chi connectivity index (χ1) is 20.1. The summed E-state index contributed by atoms with van der Waals surface area (Å²) in [6.45, 7) is 7.06. The van der Waals surface area contributed by atoms with E-state index in [2.05, 4.69) is 59.5 Å². The Morgan fingerprint density at radius 2 is 1.86 bits per heavy atom. The van der Waals surface area contributed by atoms with Crippen molar-refractivity contribution in [1.29, 1.82) is 0 Å². The van der Waals surface area contributed by atoms with Crippen molar-refractivity contribution in [3.05, 3.63) is 87.9 Å². The number of halogens is 1. The zero-order valence-electron chi connectivity index (χ0n) is 24.4. The molecule has 0 aromatic heterocycles. The molecule has 0 bridgehead atoms. The number of aliphatic hydroxyl groups excluding tert-OH is 1. The van der Waals surface area contributed by atoms with Crippen molar-refractivity contribution in [3.8, 4) is 5.75 Å². The van der Waals surface area contributed by atoms with Gasteiger partial charge in [0.05, 0.1) is 40.4 Å². The molecule has 0 saturated carbocycles. The molecule has 3 heterocycles. The zero-order valence-corrected chi connectivity index (χ0v) is 27.0. The van der Waals surface area contributed by atoms with E-state index in [1.807, 2.05) is 48.5 Å². The molecule has 0 aliphatic carbocycles. The predicted octanol–water partition coefficient (Wildman–Crippen LogP) is 4.96. The second-order valence-corrected chi connectivity index (χ2v) is 17.9. The maximum absolute atomic E-state index is 14.1. The molecular formula is C33H37BrN2O5Si. The average molecular weight is 650 g/mol. The van der Waals surface area contributed by atoms with Crippen molar-refractivity contribution in [1.82, 2.24) is 4.90 Å². The molecule has 220 valence electrons. The number of nitrogens with zero attached hydrogens (tertiary/aromatic N) is 1. The van der Waals surface area contributed by atoms with Crippen LogP contribution in [0.25, 0.3) is 0 Å². The van der Waals surface area contributed by atoms with E-state index in [-0.39, 0.29) is 42.3 Å². The first-order valence-corrected chi connectivity index (χ1v) is 18.4. The molecule has 2 N–H and O–H groups in total. The molecule has 2 amide bonds. The molecule has 42 heavy (non-hydrogen) atoms. The van der Waals surface area contributed by atoms with E-state index < -0.39 is 19.8 Å². The highest BCUT2D eigenvalue weighted by Gasteiger charge is 2.65. The Kier molecular flexibility index (Phi) is 7.58. The summed E-state index contributed by atoms with van der Waals surface area (Å²) in [6.07, 6.45) is 0.269. The number of hydrogen-bond acceptors (Lipinski definition) is 5. The van der Waals surface area contributed by atoms with Crippen LogP contribution in [0.3, 0.4) is 0 Å². The minimum atomic E-state index is -2.36. The van der Waals surface area contributed by atoms with Gasteiger partial charge < -0.3 is 24.8 Å². The molecule has 9 heteroatoms. The quantitative estimate of drug-likeness (QED) is 0.369. The Hall–Kier alpha value is -2.98. The number of fused-ring (bicyclic) bond motifs is 3. The first kappa shape index (κ1) is 29.1. The van der Waals surface area contributed by atoms with E-state index in [0.717, 1.165) is 27.0 Å². The van der Waals surface area contributed by atoms with Gasteiger partial charge in [-0.25, -0.2) is 0 Å². The highest BCUT2D eigenvalue weighted by atomic mass is 79.9. The fourth-order valence-corrected chi connectivity index (χ4v) is 12.0. The lowest BCUT2D eigenvalue weighted by molar-refractivity contribution is -0.149. The van der Waals surface area contributed by atoms with Crippen molar-refractivity contribution in [2.75, 3.05) is 19.0 Å². The molecule has 0 radical (unpaired) electrons. The number of rotatable bonds is 6. The topological polar surface area (TPSA) is 88.1 Å². The lowest BCUT2D eigenvalue weighted by atomic mass is 9.82. The highest BCUT2D eigenvalue weighted by molar-refractivity contribution is 9.10. The number of nitrogens with one attached hydrogen (secondary N) is 1. The van der Waals surface area contributed by atoms with Gasteiger partial charge in [-0.2, -0.15) is 0 Å². The third-order valence-electron chi connectivity index (χ3n) is 9.81. The maximum Gasteiger partial charge on any atom is 0.261 e. The smallest absolute Gasteiger partial charge is 0.261 e. The van der Waals surface area contributed by atoms with E-state index in [1.54, 1.807) is 12.0 Å². The minimum Gasteiger partial charge on any atom is -0.497 e. The second kappa shape index (κ2) is 10.9. The molecule has 5 atom stereocenters. The summed E-state index contributed by atoms with van der Waals surface area (Å²) >= 11 is 3.59. The van der Waals surface area contributed by atoms with Crippen LogP contribution in [0.15, 0.2) is 71.2 Å². The van der Waals surface area contributed by atoms with E-state index in [1.165, 1.54) is 10.8 Å². The maximum atomic E-state index is 14.1. The fourth-order valence-electron chi connectivity index (χ4n) is 7.64. The molecule has 6 rings (SSSR count). The molecule has 1 spiro atoms. The van der Waals surface area contributed by atoms with Gasteiger partial charge in [-0.1, -0.05) is 77.5 Å². The third-order valence-corrected chi connectivity index (χ3v) is 14.7. The number of hydrogen-bond donors (Lipinski definition) is 2. The molecule has 1 fully saturated rings. The predicted molar refractivity (Wildman–Crippen MR) is 169 cm³/mol. The first-order valence-electron chi connectivity index (χ1n) is 14.5. The van der Waals surface area contributed by atoms with Gasteiger partial charge in [0.2, 0.25) is 5.91 Å². The van der Waals surface area contributed by atoms with Crippen molar-refractivity contribution >= 4 is 46.7 Å². The summed E-state index contributed by atoms with van der Waals surface area (Å²) < 4.78 is 13.2. The molecule has 1 saturated heterocycles. The Morgan fingerprint density at radius 1 is 1.14 bits per heavy atom. The summed E-state index contributed by atoms with van der Waals surface area (Å²) in [7, 11) is -0.702. The van der Waals surface area contributed by atoms with Crippen LogP contribution in [0.5, 0.6) is 5.75 Å². The van der Waals surface area contributed by atoms with Crippen molar-refractivity contribution in [3.63, 3.8) is 0 Å². The zero-order chi connectivity index (χ0) is 29.8. The van der Waals surface area contributed by atoms with E-state index in [4.69, 9.17) is 9.47 Å². The monoisotopic (exact) mass is 648 g/mol. The van der Waals surface area contributed by atoms with Crippen LogP contribution < -0.4 is 15.2 Å². The van der Waals surface area contributed by atoms with Gasteiger partial charge in [-0.15, -0.1) is 0 Å². The van der Waals surface area contributed by atoms with Gasteiger partial charge in [0.15, 0.2) is 5.60 Å². The largest absolute Gasteiger partial charge is 0.497 e. The Balaban J connectivity index is 1.39. The Bertz CT molecular complexity index is 1530. The van der Waals surface area contributed by atoms with Crippen LogP contribution in [0, 0.1) is 5.92 Å². The Morgan fingerprint density at radius 3 is 2.55 bits per heavy atom. The molecule has 3 aliphatic rings. The van der Waals surface area contributed by atoms with Gasteiger partial charge in [-0.3, -0.25) is 9.59 Å². The number of ether oxygens (including phenoxy) is 2. The molecule has 0 unspecified atom stereocenters. The number of carbonyl (C=O) groups is 2. The summed E-state index contributed by atoms with van der Waals surface area (Å²) in [5.74, 6) is 0.361. The van der Waals surface area contributed by atoms with Gasteiger partial charge in [0.1, 0.15) is 5.75 Å². The van der Waals surface area contributed by atoms with Crippen LogP contribution in [-0.4, -0.2) is 55.8 Å². The summed E-state index contributed by atoms with van der Waals surface area (Å²) in [6, 6.07) is 21.8. The SMILES string of the molecule is COc1ccc([Si](C)(C)[C@@H]2[C@@H](CC(=O)N3Cc4ccccc4C[C@H]3CO)O[C@]3(C(=O)Nc4ccc(Br)cc43)[C@H]2C)cc1. The number of amides is 2. The fraction of sp³-hybridized carbons (Fsp3) is 0.394. The molecule has 3 aliphatic heterocycles. The van der Waals surface area contributed by atoms with Gasteiger partial charge in [0, 0.05) is 28.2 Å². The molecule has 7 nitrogen and oxygen atoms in total. The molecule has 3 aromatic rings. The highest BCUT2D eigenvalue weighted by Crippen LogP contribution is 2.59. The van der Waals surface area contributed by atoms with Crippen molar-refractivity contribution < 1.29 is 24.2 Å². The van der Waals surface area contributed by atoms with Crippen LogP contribution in [0.2, 0.25) is 18.6 Å². The summed E-state index contributed by atoms with van der Waals surface area (Å²) in [5, 5.41) is 14.5. The normalized spacial score (nSPS) is 26.6. The van der Waals surface area contributed by atoms with Gasteiger partial charge in [-0.05, 0) is 53.4 Å². The van der Waals surface area contributed by atoms with Crippen molar-refractivity contribution in [2.24, 2.45) is 5.92 Å².